The monoisotopic (exact) mass is 435 g/mol. The molecule has 138 valence electrons. The lowest BCUT2D eigenvalue weighted by atomic mass is 10.1. The van der Waals surface area contributed by atoms with Crippen molar-refractivity contribution in [2.75, 3.05) is 0 Å². The number of hydrogen-bond donors (Lipinski definition) is 1. The van der Waals surface area contributed by atoms with Gasteiger partial charge in [0.1, 0.15) is 17.5 Å². The summed E-state index contributed by atoms with van der Waals surface area (Å²) in [6.07, 6.45) is 1.45. The van der Waals surface area contributed by atoms with Crippen molar-refractivity contribution in [2.24, 2.45) is 0 Å². The van der Waals surface area contributed by atoms with Crippen molar-refractivity contribution in [1.82, 2.24) is 15.3 Å². The second-order valence-electron chi connectivity index (χ2n) is 6.07. The Bertz CT molecular complexity index is 1220. The molecule has 28 heavy (non-hydrogen) atoms. The van der Waals surface area contributed by atoms with E-state index in [4.69, 9.17) is 4.42 Å². The number of aromatic nitrogens is 2. The average molecular weight is 436 g/mol. The van der Waals surface area contributed by atoms with Gasteiger partial charge in [-0.05, 0) is 30.3 Å². The standard InChI is InChI=1S/C21H14BrN3O3/c22-15-6-7-19-14(8-15)9-17(21(27)28-19)20(26)23-11-16-10-18(25-12-24-16)13-4-2-1-3-5-13/h1-10,12H,11H2,(H,23,26). The van der Waals surface area contributed by atoms with Crippen molar-refractivity contribution >= 4 is 32.8 Å². The Hall–Kier alpha value is -3.32. The van der Waals surface area contributed by atoms with Gasteiger partial charge in [-0.3, -0.25) is 4.79 Å². The summed E-state index contributed by atoms with van der Waals surface area (Å²) in [5, 5.41) is 3.37. The third-order valence-corrected chi connectivity index (χ3v) is 4.66. The maximum absolute atomic E-state index is 12.5. The smallest absolute Gasteiger partial charge is 0.349 e. The fourth-order valence-electron chi connectivity index (χ4n) is 2.78. The van der Waals surface area contributed by atoms with E-state index in [-0.39, 0.29) is 12.1 Å². The van der Waals surface area contributed by atoms with E-state index in [0.29, 0.717) is 16.7 Å². The Balaban J connectivity index is 1.54. The number of nitrogens with one attached hydrogen (secondary N) is 1. The van der Waals surface area contributed by atoms with Crippen LogP contribution in [0.2, 0.25) is 0 Å². The predicted octanol–water partition coefficient (Wildman–Crippen LogP) is 3.94. The fourth-order valence-corrected chi connectivity index (χ4v) is 3.16. The van der Waals surface area contributed by atoms with Crippen LogP contribution in [0.1, 0.15) is 16.1 Å². The van der Waals surface area contributed by atoms with E-state index < -0.39 is 11.5 Å². The molecule has 0 aliphatic heterocycles. The number of nitrogens with zero attached hydrogens (tertiary/aromatic N) is 2. The molecule has 7 heteroatoms. The number of amides is 1. The first-order chi connectivity index (χ1) is 13.6. The highest BCUT2D eigenvalue weighted by Gasteiger charge is 2.14. The normalized spacial score (nSPS) is 10.8. The highest BCUT2D eigenvalue weighted by Crippen LogP contribution is 2.19. The van der Waals surface area contributed by atoms with E-state index in [1.54, 1.807) is 24.3 Å². The molecule has 4 rings (SSSR count). The molecular formula is C21H14BrN3O3. The van der Waals surface area contributed by atoms with Crippen molar-refractivity contribution in [3.8, 4) is 11.3 Å². The molecule has 0 atom stereocenters. The Labute approximate surface area is 168 Å². The lowest BCUT2D eigenvalue weighted by molar-refractivity contribution is 0.0947. The lowest BCUT2D eigenvalue weighted by Crippen LogP contribution is -2.28. The first kappa shape index (κ1) is 18.1. The van der Waals surface area contributed by atoms with Gasteiger partial charge >= 0.3 is 5.63 Å². The van der Waals surface area contributed by atoms with Crippen LogP contribution < -0.4 is 10.9 Å². The van der Waals surface area contributed by atoms with Gasteiger partial charge < -0.3 is 9.73 Å². The number of rotatable bonds is 4. The zero-order chi connectivity index (χ0) is 19.5. The van der Waals surface area contributed by atoms with Crippen molar-refractivity contribution in [1.29, 1.82) is 0 Å². The van der Waals surface area contributed by atoms with Crippen LogP contribution in [0, 0.1) is 0 Å². The number of carbonyl (C=O) groups excluding carboxylic acids is 1. The van der Waals surface area contributed by atoms with Crippen LogP contribution in [0.5, 0.6) is 0 Å². The maximum atomic E-state index is 12.5. The number of fused-ring (bicyclic) bond motifs is 1. The minimum Gasteiger partial charge on any atom is -0.422 e. The van der Waals surface area contributed by atoms with E-state index in [1.807, 2.05) is 30.3 Å². The van der Waals surface area contributed by atoms with Crippen molar-refractivity contribution in [2.45, 2.75) is 6.54 Å². The molecule has 0 unspecified atom stereocenters. The van der Waals surface area contributed by atoms with Crippen molar-refractivity contribution in [3.63, 3.8) is 0 Å². The van der Waals surface area contributed by atoms with Gasteiger partial charge in [-0.1, -0.05) is 46.3 Å². The topological polar surface area (TPSA) is 85.1 Å². The molecule has 0 bridgehead atoms. The Morgan fingerprint density at radius 3 is 2.68 bits per heavy atom. The van der Waals surface area contributed by atoms with Gasteiger partial charge in [0, 0.05) is 15.4 Å². The molecule has 0 radical (unpaired) electrons. The molecule has 1 amide bonds. The van der Waals surface area contributed by atoms with E-state index in [9.17, 15) is 9.59 Å². The highest BCUT2D eigenvalue weighted by molar-refractivity contribution is 9.10. The average Bonchev–Trinajstić information content (AvgIpc) is 2.72. The van der Waals surface area contributed by atoms with Crippen LogP contribution in [0.25, 0.3) is 22.2 Å². The second-order valence-corrected chi connectivity index (χ2v) is 6.99. The van der Waals surface area contributed by atoms with Gasteiger partial charge in [0.25, 0.3) is 5.91 Å². The Kier molecular flexibility index (Phi) is 4.99. The summed E-state index contributed by atoms with van der Waals surface area (Å²) < 4.78 is 6.06. The molecule has 4 aromatic rings. The summed E-state index contributed by atoms with van der Waals surface area (Å²) in [5.74, 6) is -0.518. The van der Waals surface area contributed by atoms with Gasteiger partial charge in [-0.2, -0.15) is 0 Å². The summed E-state index contributed by atoms with van der Waals surface area (Å²) in [5.41, 5.74) is 2.04. The predicted molar refractivity (Wildman–Crippen MR) is 109 cm³/mol. The first-order valence-electron chi connectivity index (χ1n) is 8.48. The van der Waals surface area contributed by atoms with Crippen LogP contribution in [0.3, 0.4) is 0 Å². The fraction of sp³-hybridized carbons (Fsp3) is 0.0476. The summed E-state index contributed by atoms with van der Waals surface area (Å²) >= 11 is 3.37. The minimum atomic E-state index is -0.681. The molecular weight excluding hydrogens is 422 g/mol. The third kappa shape index (κ3) is 3.84. The van der Waals surface area contributed by atoms with E-state index in [0.717, 1.165) is 15.7 Å². The Morgan fingerprint density at radius 1 is 1.04 bits per heavy atom. The van der Waals surface area contributed by atoms with E-state index >= 15 is 0 Å². The van der Waals surface area contributed by atoms with E-state index in [2.05, 4.69) is 31.2 Å². The summed E-state index contributed by atoms with van der Waals surface area (Å²) in [6, 6.07) is 18.2. The quantitative estimate of drug-likeness (QED) is 0.490. The molecule has 2 aromatic carbocycles. The molecule has 6 nitrogen and oxygen atoms in total. The zero-order valence-corrected chi connectivity index (χ0v) is 16.1. The van der Waals surface area contributed by atoms with Gasteiger partial charge in [0.15, 0.2) is 0 Å². The Morgan fingerprint density at radius 2 is 1.86 bits per heavy atom. The SMILES string of the molecule is O=C(NCc1cc(-c2ccccc2)ncn1)c1cc2cc(Br)ccc2oc1=O. The molecule has 2 heterocycles. The van der Waals surface area contributed by atoms with Crippen LogP contribution >= 0.6 is 15.9 Å². The number of halogens is 1. The summed E-state index contributed by atoms with van der Waals surface area (Å²) in [6.45, 7) is 0.164. The summed E-state index contributed by atoms with van der Waals surface area (Å²) in [4.78, 5) is 33.1. The second kappa shape index (κ2) is 7.74. The largest absolute Gasteiger partial charge is 0.422 e. The van der Waals surface area contributed by atoms with E-state index in [1.165, 1.54) is 12.4 Å². The van der Waals surface area contributed by atoms with Gasteiger partial charge in [0.2, 0.25) is 0 Å². The first-order valence-corrected chi connectivity index (χ1v) is 9.27. The van der Waals surface area contributed by atoms with Crippen LogP contribution in [0.15, 0.2) is 80.7 Å². The maximum Gasteiger partial charge on any atom is 0.349 e. The molecule has 0 aliphatic carbocycles. The molecule has 0 saturated heterocycles. The molecule has 0 spiro atoms. The van der Waals surface area contributed by atoms with Crippen molar-refractivity contribution in [3.05, 3.63) is 93.1 Å². The lowest BCUT2D eigenvalue weighted by Gasteiger charge is -2.07. The molecule has 0 aliphatic rings. The number of hydrogen-bond acceptors (Lipinski definition) is 5. The van der Waals surface area contributed by atoms with Gasteiger partial charge in [-0.25, -0.2) is 14.8 Å². The van der Waals surface area contributed by atoms with Gasteiger partial charge in [-0.15, -0.1) is 0 Å². The van der Waals surface area contributed by atoms with Crippen molar-refractivity contribution < 1.29 is 9.21 Å². The van der Waals surface area contributed by atoms with Crippen LogP contribution in [-0.4, -0.2) is 15.9 Å². The van der Waals surface area contributed by atoms with Gasteiger partial charge in [0.05, 0.1) is 17.9 Å². The molecule has 2 aromatic heterocycles. The van der Waals surface area contributed by atoms with Crippen LogP contribution in [0.4, 0.5) is 0 Å². The van der Waals surface area contributed by atoms with Crippen LogP contribution in [-0.2, 0) is 6.54 Å². The third-order valence-electron chi connectivity index (χ3n) is 4.16. The minimum absolute atomic E-state index is 0.0528. The molecule has 0 saturated carbocycles. The number of benzene rings is 2. The summed E-state index contributed by atoms with van der Waals surface area (Å²) in [7, 11) is 0. The zero-order valence-electron chi connectivity index (χ0n) is 14.6. The molecule has 1 N–H and O–H groups in total. The number of carbonyl (C=O) groups is 1. The molecule has 0 fully saturated rings. The highest BCUT2D eigenvalue weighted by atomic mass is 79.9.